The van der Waals surface area contributed by atoms with E-state index < -0.39 is 0 Å². The SMILES string of the molecule is NC(CCNC(=O)N1CCOCC1)=NO. The fourth-order valence-electron chi connectivity index (χ4n) is 1.23. The van der Waals surface area contributed by atoms with E-state index in [1.807, 2.05) is 0 Å². The van der Waals surface area contributed by atoms with Gasteiger partial charge in [-0.05, 0) is 0 Å². The third kappa shape index (κ3) is 4.03. The maximum absolute atomic E-state index is 11.5. The molecule has 2 amide bonds. The van der Waals surface area contributed by atoms with Gasteiger partial charge in [0.2, 0.25) is 0 Å². The van der Waals surface area contributed by atoms with E-state index >= 15 is 0 Å². The number of urea groups is 1. The number of hydrogen-bond acceptors (Lipinski definition) is 4. The summed E-state index contributed by atoms with van der Waals surface area (Å²) in [6.07, 6.45) is 0.340. The topological polar surface area (TPSA) is 100 Å². The number of oxime groups is 1. The summed E-state index contributed by atoms with van der Waals surface area (Å²) in [4.78, 5) is 13.2. The lowest BCUT2D eigenvalue weighted by Crippen LogP contribution is -2.46. The van der Waals surface area contributed by atoms with Gasteiger partial charge in [-0.15, -0.1) is 0 Å². The second-order valence-corrected chi connectivity index (χ2v) is 3.17. The molecular weight excluding hydrogens is 200 g/mol. The van der Waals surface area contributed by atoms with Crippen molar-refractivity contribution in [2.75, 3.05) is 32.8 Å². The molecule has 1 aliphatic heterocycles. The molecule has 86 valence electrons. The van der Waals surface area contributed by atoms with Crippen LogP contribution in [0.1, 0.15) is 6.42 Å². The molecule has 15 heavy (non-hydrogen) atoms. The van der Waals surface area contributed by atoms with Crippen molar-refractivity contribution >= 4 is 11.9 Å². The Morgan fingerprint density at radius 1 is 1.53 bits per heavy atom. The molecule has 0 saturated carbocycles. The Kier molecular flexibility index (Phi) is 4.69. The van der Waals surface area contributed by atoms with Gasteiger partial charge in [-0.25, -0.2) is 4.79 Å². The van der Waals surface area contributed by atoms with Crippen LogP contribution in [-0.4, -0.2) is 54.8 Å². The fraction of sp³-hybridized carbons (Fsp3) is 0.750. The number of carbonyl (C=O) groups excluding carboxylic acids is 1. The van der Waals surface area contributed by atoms with Gasteiger partial charge < -0.3 is 25.9 Å². The largest absolute Gasteiger partial charge is 0.409 e. The Labute approximate surface area is 87.9 Å². The summed E-state index contributed by atoms with van der Waals surface area (Å²) < 4.78 is 5.12. The lowest BCUT2D eigenvalue weighted by atomic mass is 10.4. The molecule has 1 aliphatic rings. The van der Waals surface area contributed by atoms with E-state index in [1.165, 1.54) is 0 Å². The van der Waals surface area contributed by atoms with Gasteiger partial charge in [-0.1, -0.05) is 5.16 Å². The van der Waals surface area contributed by atoms with Crippen molar-refractivity contribution in [2.24, 2.45) is 10.9 Å². The molecule has 7 nitrogen and oxygen atoms in total. The van der Waals surface area contributed by atoms with Crippen LogP contribution in [0, 0.1) is 0 Å². The number of ether oxygens (including phenoxy) is 1. The molecule has 1 fully saturated rings. The van der Waals surface area contributed by atoms with Gasteiger partial charge in [-0.2, -0.15) is 0 Å². The zero-order valence-corrected chi connectivity index (χ0v) is 8.48. The molecular formula is C8H16N4O3. The highest BCUT2D eigenvalue weighted by Crippen LogP contribution is 1.96. The Morgan fingerprint density at radius 2 is 2.20 bits per heavy atom. The number of nitrogens with two attached hydrogens (primary N) is 1. The molecule has 1 heterocycles. The average Bonchev–Trinajstić information content (AvgIpc) is 2.29. The van der Waals surface area contributed by atoms with E-state index in [0.717, 1.165) is 0 Å². The molecule has 1 saturated heterocycles. The maximum atomic E-state index is 11.5. The minimum absolute atomic E-state index is 0.109. The van der Waals surface area contributed by atoms with Crippen LogP contribution >= 0.6 is 0 Å². The van der Waals surface area contributed by atoms with Crippen molar-refractivity contribution in [2.45, 2.75) is 6.42 Å². The van der Waals surface area contributed by atoms with Gasteiger partial charge >= 0.3 is 6.03 Å². The van der Waals surface area contributed by atoms with Crippen molar-refractivity contribution in [1.82, 2.24) is 10.2 Å². The summed E-state index contributed by atoms with van der Waals surface area (Å²) in [5, 5.41) is 13.8. The van der Waals surface area contributed by atoms with Crippen molar-refractivity contribution in [3.63, 3.8) is 0 Å². The second kappa shape index (κ2) is 6.07. The molecule has 0 aromatic heterocycles. The van der Waals surface area contributed by atoms with Gasteiger partial charge in [-0.3, -0.25) is 0 Å². The van der Waals surface area contributed by atoms with Crippen molar-refractivity contribution in [3.8, 4) is 0 Å². The highest BCUT2D eigenvalue weighted by Gasteiger charge is 2.15. The highest BCUT2D eigenvalue weighted by atomic mass is 16.5. The van der Waals surface area contributed by atoms with E-state index in [0.29, 0.717) is 39.3 Å². The van der Waals surface area contributed by atoms with Crippen LogP contribution in [0.15, 0.2) is 5.16 Å². The summed E-state index contributed by atoms with van der Waals surface area (Å²) >= 11 is 0. The Hall–Kier alpha value is -1.50. The summed E-state index contributed by atoms with van der Waals surface area (Å²) in [7, 11) is 0. The van der Waals surface area contributed by atoms with Crippen molar-refractivity contribution < 1.29 is 14.7 Å². The minimum Gasteiger partial charge on any atom is -0.409 e. The highest BCUT2D eigenvalue weighted by molar-refractivity contribution is 5.80. The van der Waals surface area contributed by atoms with E-state index in [-0.39, 0.29) is 11.9 Å². The van der Waals surface area contributed by atoms with Gasteiger partial charge in [0.15, 0.2) is 0 Å². The van der Waals surface area contributed by atoms with Crippen LogP contribution in [0.5, 0.6) is 0 Å². The van der Waals surface area contributed by atoms with Crippen molar-refractivity contribution in [1.29, 1.82) is 0 Å². The number of amidine groups is 1. The first-order chi connectivity index (χ1) is 7.24. The Bertz CT molecular complexity index is 238. The second-order valence-electron chi connectivity index (χ2n) is 3.17. The number of amides is 2. The number of carbonyl (C=O) groups is 1. The van der Waals surface area contributed by atoms with Gasteiger partial charge in [0.1, 0.15) is 5.84 Å². The summed E-state index contributed by atoms with van der Waals surface area (Å²) in [5.41, 5.74) is 5.25. The summed E-state index contributed by atoms with van der Waals surface area (Å²) in [6, 6.07) is -0.135. The van der Waals surface area contributed by atoms with E-state index in [9.17, 15) is 4.79 Å². The van der Waals surface area contributed by atoms with Gasteiger partial charge in [0, 0.05) is 26.1 Å². The number of nitrogens with zero attached hydrogens (tertiary/aromatic N) is 2. The number of rotatable bonds is 3. The molecule has 0 unspecified atom stereocenters. The minimum atomic E-state index is -0.135. The van der Waals surface area contributed by atoms with Crippen LogP contribution < -0.4 is 11.1 Å². The first kappa shape index (κ1) is 11.6. The third-order valence-electron chi connectivity index (χ3n) is 2.08. The monoisotopic (exact) mass is 216 g/mol. The van der Waals surface area contributed by atoms with E-state index in [2.05, 4.69) is 10.5 Å². The molecule has 4 N–H and O–H groups in total. The standard InChI is InChI=1S/C8H16N4O3/c9-7(11-14)1-2-10-8(13)12-3-5-15-6-4-12/h14H,1-6H2,(H2,9,11)(H,10,13). The molecule has 0 aliphatic carbocycles. The number of hydrogen-bond donors (Lipinski definition) is 3. The first-order valence-corrected chi connectivity index (χ1v) is 4.81. The lowest BCUT2D eigenvalue weighted by molar-refractivity contribution is 0.0533. The predicted molar refractivity (Wildman–Crippen MR) is 53.8 cm³/mol. The van der Waals surface area contributed by atoms with Gasteiger partial charge in [0.25, 0.3) is 0 Å². The van der Waals surface area contributed by atoms with Crippen molar-refractivity contribution in [3.05, 3.63) is 0 Å². The predicted octanol–water partition coefficient (Wildman–Crippen LogP) is -0.835. The first-order valence-electron chi connectivity index (χ1n) is 4.81. The van der Waals surface area contributed by atoms with E-state index in [1.54, 1.807) is 4.90 Å². The van der Waals surface area contributed by atoms with Crippen LogP contribution in [0.3, 0.4) is 0 Å². The lowest BCUT2D eigenvalue weighted by Gasteiger charge is -2.26. The molecule has 0 aromatic rings. The zero-order valence-electron chi connectivity index (χ0n) is 8.48. The van der Waals surface area contributed by atoms with Crippen LogP contribution in [0.4, 0.5) is 4.79 Å². The van der Waals surface area contributed by atoms with Gasteiger partial charge in [0.05, 0.1) is 13.2 Å². The van der Waals surface area contributed by atoms with Crippen LogP contribution in [-0.2, 0) is 4.74 Å². The Balaban J connectivity index is 2.17. The molecule has 0 spiro atoms. The van der Waals surface area contributed by atoms with Crippen LogP contribution in [0.2, 0.25) is 0 Å². The smallest absolute Gasteiger partial charge is 0.317 e. The molecule has 0 aromatic carbocycles. The number of morpholine rings is 1. The quantitative estimate of drug-likeness (QED) is 0.248. The normalized spacial score (nSPS) is 17.6. The molecule has 0 radical (unpaired) electrons. The number of nitrogens with one attached hydrogen (secondary N) is 1. The summed E-state index contributed by atoms with van der Waals surface area (Å²) in [6.45, 7) is 2.73. The molecule has 1 rings (SSSR count). The average molecular weight is 216 g/mol. The third-order valence-corrected chi connectivity index (χ3v) is 2.08. The Morgan fingerprint density at radius 3 is 2.80 bits per heavy atom. The van der Waals surface area contributed by atoms with E-state index in [4.69, 9.17) is 15.7 Å². The van der Waals surface area contributed by atoms with Crippen LogP contribution in [0.25, 0.3) is 0 Å². The molecule has 7 heteroatoms. The fourth-order valence-corrected chi connectivity index (χ4v) is 1.23. The molecule has 0 bridgehead atoms. The molecule has 0 atom stereocenters. The summed E-state index contributed by atoms with van der Waals surface area (Å²) in [5.74, 6) is 0.109. The maximum Gasteiger partial charge on any atom is 0.317 e. The zero-order chi connectivity index (χ0) is 11.1.